The van der Waals surface area contributed by atoms with Crippen LogP contribution in [-0.2, 0) is 16.1 Å². The summed E-state index contributed by atoms with van der Waals surface area (Å²) >= 11 is 0. The van der Waals surface area contributed by atoms with Gasteiger partial charge >= 0.3 is 0 Å². The molecule has 0 bridgehead atoms. The molecule has 1 atom stereocenters. The Kier molecular flexibility index (Phi) is 7.36. The Hall–Kier alpha value is -2.66. The zero-order valence-corrected chi connectivity index (χ0v) is 15.8. The van der Waals surface area contributed by atoms with Gasteiger partial charge in [-0.05, 0) is 38.0 Å². The number of hydrogen-bond acceptors (Lipinski definition) is 2. The van der Waals surface area contributed by atoms with Crippen molar-refractivity contribution in [2.24, 2.45) is 0 Å². The monoisotopic (exact) mass is 354 g/mol. The number of anilines is 1. The van der Waals surface area contributed by atoms with E-state index in [0.717, 1.165) is 34.8 Å². The Bertz CT molecular complexity index is 744. The smallest absolute Gasteiger partial charge is 0.275 e. The summed E-state index contributed by atoms with van der Waals surface area (Å²) < 4.78 is 0. The van der Waals surface area contributed by atoms with E-state index in [4.69, 9.17) is 0 Å². The lowest BCUT2D eigenvalue weighted by molar-refractivity contribution is -0.904. The molecule has 138 valence electrons. The number of aryl methyl sites for hydroxylation is 1. The molecule has 1 unspecified atom stereocenters. The van der Waals surface area contributed by atoms with Gasteiger partial charge in [-0.2, -0.15) is 0 Å². The molecule has 2 aromatic rings. The van der Waals surface area contributed by atoms with E-state index in [0.29, 0.717) is 6.54 Å². The molecule has 0 fully saturated rings. The Morgan fingerprint density at radius 2 is 1.69 bits per heavy atom. The maximum absolute atomic E-state index is 12.2. The molecule has 0 radical (unpaired) electrons. The van der Waals surface area contributed by atoms with Gasteiger partial charge in [0.25, 0.3) is 5.91 Å². The average Bonchev–Trinajstić information content (AvgIpc) is 2.64. The van der Waals surface area contributed by atoms with Crippen LogP contribution >= 0.6 is 0 Å². The lowest BCUT2D eigenvalue weighted by atomic mass is 10.1. The number of hydrogen-bond donors (Lipinski definition) is 3. The van der Waals surface area contributed by atoms with E-state index in [-0.39, 0.29) is 18.4 Å². The van der Waals surface area contributed by atoms with E-state index in [2.05, 4.69) is 29.7 Å². The molecule has 0 saturated carbocycles. The highest BCUT2D eigenvalue weighted by molar-refractivity contribution is 5.95. The molecule has 0 heterocycles. The van der Waals surface area contributed by atoms with Crippen LogP contribution in [0.2, 0.25) is 0 Å². The van der Waals surface area contributed by atoms with Crippen LogP contribution in [0, 0.1) is 13.8 Å². The first kappa shape index (κ1) is 19.7. The van der Waals surface area contributed by atoms with Crippen molar-refractivity contribution in [2.75, 3.05) is 25.0 Å². The predicted molar refractivity (Wildman–Crippen MR) is 104 cm³/mol. The van der Waals surface area contributed by atoms with Crippen molar-refractivity contribution in [1.29, 1.82) is 0 Å². The summed E-state index contributed by atoms with van der Waals surface area (Å²) in [5.74, 6) is -0.331. The van der Waals surface area contributed by atoms with Crippen LogP contribution in [0.15, 0.2) is 48.5 Å². The number of amides is 2. The van der Waals surface area contributed by atoms with Crippen molar-refractivity contribution in [3.63, 3.8) is 0 Å². The van der Waals surface area contributed by atoms with Gasteiger partial charge in [0.05, 0.1) is 13.1 Å². The number of rotatable bonds is 8. The van der Waals surface area contributed by atoms with Gasteiger partial charge in [-0.25, -0.2) is 0 Å². The maximum atomic E-state index is 12.2. The van der Waals surface area contributed by atoms with Gasteiger partial charge in [0.1, 0.15) is 6.54 Å². The molecule has 0 aliphatic carbocycles. The Balaban J connectivity index is 1.79. The minimum atomic E-state index is -0.215. The van der Waals surface area contributed by atoms with Crippen LogP contribution in [0.5, 0.6) is 0 Å². The summed E-state index contributed by atoms with van der Waals surface area (Å²) in [6.45, 7) is 7.99. The molecule has 2 rings (SSSR count). The first-order valence-electron chi connectivity index (χ1n) is 8.99. The quantitative estimate of drug-likeness (QED) is 0.672. The molecule has 3 N–H and O–H groups in total. The lowest BCUT2D eigenvalue weighted by Crippen LogP contribution is -3.11. The van der Waals surface area contributed by atoms with Gasteiger partial charge in [-0.1, -0.05) is 42.5 Å². The Morgan fingerprint density at radius 3 is 2.38 bits per heavy atom. The number of nitrogens with one attached hydrogen (secondary N) is 3. The van der Waals surface area contributed by atoms with Crippen LogP contribution in [0.25, 0.3) is 0 Å². The highest BCUT2D eigenvalue weighted by Crippen LogP contribution is 2.17. The van der Waals surface area contributed by atoms with E-state index < -0.39 is 0 Å². The van der Waals surface area contributed by atoms with E-state index in [1.54, 1.807) is 0 Å². The van der Waals surface area contributed by atoms with E-state index >= 15 is 0 Å². The van der Waals surface area contributed by atoms with Crippen molar-refractivity contribution < 1.29 is 14.5 Å². The molecular formula is C21H28N3O2+. The summed E-state index contributed by atoms with van der Waals surface area (Å²) in [7, 11) is 0. The second kappa shape index (κ2) is 9.73. The minimum Gasteiger partial charge on any atom is -0.342 e. The highest BCUT2D eigenvalue weighted by Gasteiger charge is 2.14. The SMILES string of the molecule is CC[NH+](CC(=O)NCC(=O)Nc1cccc(C)c1C)Cc1ccccc1. The number of benzene rings is 2. The fourth-order valence-electron chi connectivity index (χ4n) is 2.75. The summed E-state index contributed by atoms with van der Waals surface area (Å²) in [6, 6.07) is 15.9. The number of carbonyl (C=O) groups is 2. The fraction of sp³-hybridized carbons (Fsp3) is 0.333. The lowest BCUT2D eigenvalue weighted by Gasteiger charge is -2.17. The van der Waals surface area contributed by atoms with Crippen LogP contribution in [0.1, 0.15) is 23.6 Å². The zero-order valence-electron chi connectivity index (χ0n) is 15.8. The van der Waals surface area contributed by atoms with Crippen molar-refractivity contribution in [3.05, 3.63) is 65.2 Å². The van der Waals surface area contributed by atoms with Gasteiger partial charge in [0, 0.05) is 11.3 Å². The number of quaternary nitrogens is 1. The van der Waals surface area contributed by atoms with Gasteiger partial charge in [-0.3, -0.25) is 9.59 Å². The topological polar surface area (TPSA) is 62.6 Å². The minimum absolute atomic E-state index is 0.0193. The molecule has 0 aliphatic heterocycles. The summed E-state index contributed by atoms with van der Waals surface area (Å²) in [5, 5.41) is 5.57. The molecule has 5 nitrogen and oxygen atoms in total. The van der Waals surface area contributed by atoms with E-state index in [9.17, 15) is 9.59 Å². The molecule has 0 aliphatic rings. The van der Waals surface area contributed by atoms with Crippen LogP contribution in [0.4, 0.5) is 5.69 Å². The molecular weight excluding hydrogens is 326 g/mol. The molecule has 26 heavy (non-hydrogen) atoms. The zero-order chi connectivity index (χ0) is 18.9. The van der Waals surface area contributed by atoms with Crippen molar-refractivity contribution in [3.8, 4) is 0 Å². The molecule has 0 saturated heterocycles. The molecule has 0 spiro atoms. The Labute approximate surface area is 155 Å². The maximum Gasteiger partial charge on any atom is 0.275 e. The first-order chi connectivity index (χ1) is 12.5. The summed E-state index contributed by atoms with van der Waals surface area (Å²) in [6.07, 6.45) is 0. The molecule has 5 heteroatoms. The highest BCUT2D eigenvalue weighted by atomic mass is 16.2. The predicted octanol–water partition coefficient (Wildman–Crippen LogP) is 1.46. The molecule has 2 aromatic carbocycles. The second-order valence-electron chi connectivity index (χ2n) is 6.52. The van der Waals surface area contributed by atoms with E-state index in [1.807, 2.05) is 50.2 Å². The number of carbonyl (C=O) groups excluding carboxylic acids is 2. The third-order valence-corrected chi connectivity index (χ3v) is 4.53. The van der Waals surface area contributed by atoms with Gasteiger partial charge in [0.15, 0.2) is 6.54 Å². The molecule has 0 aromatic heterocycles. The second-order valence-corrected chi connectivity index (χ2v) is 6.52. The van der Waals surface area contributed by atoms with Gasteiger partial charge < -0.3 is 15.5 Å². The summed E-state index contributed by atoms with van der Waals surface area (Å²) in [4.78, 5) is 25.4. The molecule has 2 amide bonds. The van der Waals surface area contributed by atoms with Crippen LogP contribution in [0.3, 0.4) is 0 Å². The fourth-order valence-corrected chi connectivity index (χ4v) is 2.75. The van der Waals surface area contributed by atoms with Crippen molar-refractivity contribution in [2.45, 2.75) is 27.3 Å². The Morgan fingerprint density at radius 1 is 0.962 bits per heavy atom. The van der Waals surface area contributed by atoms with Crippen molar-refractivity contribution >= 4 is 17.5 Å². The van der Waals surface area contributed by atoms with Crippen molar-refractivity contribution in [1.82, 2.24) is 5.32 Å². The first-order valence-corrected chi connectivity index (χ1v) is 8.99. The van der Waals surface area contributed by atoms with Gasteiger partial charge in [-0.15, -0.1) is 0 Å². The third-order valence-electron chi connectivity index (χ3n) is 4.53. The third kappa shape index (κ3) is 6.01. The van der Waals surface area contributed by atoms with Crippen LogP contribution in [-0.4, -0.2) is 31.4 Å². The van der Waals surface area contributed by atoms with Crippen LogP contribution < -0.4 is 15.5 Å². The average molecular weight is 354 g/mol. The van der Waals surface area contributed by atoms with E-state index in [1.165, 1.54) is 5.56 Å². The number of likely N-dealkylation sites (N-methyl/N-ethyl adjacent to an activating group) is 1. The standard InChI is InChI=1S/C21H27N3O2/c1-4-24(14-18-10-6-5-7-11-18)15-21(26)22-13-20(25)23-19-12-8-9-16(2)17(19)3/h5-12H,4,13-15H2,1-3H3,(H,22,26)(H,23,25)/p+1. The normalized spacial score (nSPS) is 11.7. The largest absolute Gasteiger partial charge is 0.342 e. The van der Waals surface area contributed by atoms with Gasteiger partial charge in [0.2, 0.25) is 5.91 Å². The summed E-state index contributed by atoms with van der Waals surface area (Å²) in [5.41, 5.74) is 4.14.